The number of nitrogens with one attached hydrogen (secondary N) is 1. The van der Waals surface area contributed by atoms with Crippen LogP contribution in [0, 0.1) is 0 Å². The summed E-state index contributed by atoms with van der Waals surface area (Å²) in [4.78, 5) is 28.7. The maximum atomic E-state index is 12.8. The minimum atomic E-state index is -0.335. The Balaban J connectivity index is 1.47. The van der Waals surface area contributed by atoms with Crippen molar-refractivity contribution in [3.63, 3.8) is 0 Å². The number of hydrogen-bond donors (Lipinski definition) is 1. The van der Waals surface area contributed by atoms with Crippen LogP contribution in [0.5, 0.6) is 11.5 Å². The third-order valence-electron chi connectivity index (χ3n) is 4.91. The van der Waals surface area contributed by atoms with Gasteiger partial charge in [0, 0.05) is 25.2 Å². The number of amides is 1. The number of carbonyl (C=O) groups excluding carboxylic acids is 1. The highest BCUT2D eigenvalue weighted by Gasteiger charge is 2.17. The highest BCUT2D eigenvalue weighted by Crippen LogP contribution is 2.32. The number of ether oxygens (including phenoxy) is 2. The van der Waals surface area contributed by atoms with E-state index < -0.39 is 0 Å². The molecule has 33 heavy (non-hydrogen) atoms. The van der Waals surface area contributed by atoms with Crippen molar-refractivity contribution in [3.8, 4) is 28.6 Å². The molecule has 0 atom stereocenters. The normalized spacial score (nSPS) is 10.8. The smallest absolute Gasteiger partial charge is 0.269 e. The number of aryl methyl sites for hydroxylation is 1. The zero-order valence-electron chi connectivity index (χ0n) is 18.3. The summed E-state index contributed by atoms with van der Waals surface area (Å²) in [5.41, 5.74) is 1.33. The van der Waals surface area contributed by atoms with Crippen LogP contribution in [0.2, 0.25) is 0 Å². The Labute approximate surface area is 188 Å². The van der Waals surface area contributed by atoms with E-state index in [1.54, 1.807) is 51.6 Å². The van der Waals surface area contributed by atoms with Gasteiger partial charge >= 0.3 is 0 Å². The average Bonchev–Trinajstić information content (AvgIpc) is 3.50. The third-order valence-corrected chi connectivity index (χ3v) is 4.91. The first-order valence-electron chi connectivity index (χ1n) is 9.98. The summed E-state index contributed by atoms with van der Waals surface area (Å²) >= 11 is 0. The molecule has 0 saturated heterocycles. The number of benzene rings is 1. The van der Waals surface area contributed by atoms with Gasteiger partial charge in [-0.05, 0) is 30.3 Å². The summed E-state index contributed by atoms with van der Waals surface area (Å²) in [6.07, 6.45) is 2.86. The Morgan fingerprint density at radius 3 is 2.67 bits per heavy atom. The quantitative estimate of drug-likeness (QED) is 0.414. The Hall–Kier alpha value is -4.48. The molecule has 0 unspecified atom stereocenters. The van der Waals surface area contributed by atoms with Crippen molar-refractivity contribution in [1.82, 2.24) is 39.6 Å². The number of rotatable bonds is 8. The van der Waals surface area contributed by atoms with Crippen molar-refractivity contribution >= 4 is 5.91 Å². The zero-order valence-corrected chi connectivity index (χ0v) is 18.3. The molecule has 170 valence electrons. The molecule has 12 nitrogen and oxygen atoms in total. The van der Waals surface area contributed by atoms with Crippen molar-refractivity contribution < 1.29 is 14.3 Å². The van der Waals surface area contributed by atoms with Gasteiger partial charge in [0.2, 0.25) is 0 Å². The van der Waals surface area contributed by atoms with Crippen LogP contribution in [0.15, 0.2) is 53.8 Å². The maximum Gasteiger partial charge on any atom is 0.269 e. The first kappa shape index (κ1) is 21.7. The van der Waals surface area contributed by atoms with E-state index in [0.29, 0.717) is 34.3 Å². The highest BCUT2D eigenvalue weighted by molar-refractivity contribution is 5.93. The molecule has 0 saturated carbocycles. The SMILES string of the molecule is COc1ccc(OC)c(-c2cc(C(=O)NCCn3nc(-n4cncn4)ccc3=O)n(C)n2)c1. The van der Waals surface area contributed by atoms with Crippen molar-refractivity contribution in [3.05, 3.63) is 65.1 Å². The van der Waals surface area contributed by atoms with Crippen molar-refractivity contribution in [2.75, 3.05) is 20.8 Å². The van der Waals surface area contributed by atoms with Gasteiger partial charge in [0.05, 0.1) is 26.5 Å². The third kappa shape index (κ3) is 4.59. The fraction of sp³-hybridized carbons (Fsp3) is 0.238. The van der Waals surface area contributed by atoms with E-state index in [2.05, 4.69) is 25.6 Å². The van der Waals surface area contributed by atoms with Crippen LogP contribution >= 0.6 is 0 Å². The second-order valence-electron chi connectivity index (χ2n) is 6.95. The topological polar surface area (TPSA) is 131 Å². The molecule has 1 N–H and O–H groups in total. The first-order chi connectivity index (χ1) is 16.0. The molecule has 3 heterocycles. The minimum Gasteiger partial charge on any atom is -0.497 e. The predicted molar refractivity (Wildman–Crippen MR) is 117 cm³/mol. The summed E-state index contributed by atoms with van der Waals surface area (Å²) in [5.74, 6) is 1.37. The molecular formula is C21H22N8O4. The minimum absolute atomic E-state index is 0.182. The van der Waals surface area contributed by atoms with Crippen LogP contribution in [0.3, 0.4) is 0 Å². The van der Waals surface area contributed by atoms with E-state index in [1.165, 1.54) is 32.8 Å². The number of carbonyl (C=O) groups is 1. The largest absolute Gasteiger partial charge is 0.497 e. The summed E-state index contributed by atoms with van der Waals surface area (Å²) in [5, 5.41) is 15.5. The summed E-state index contributed by atoms with van der Waals surface area (Å²) in [6, 6.07) is 9.97. The lowest BCUT2D eigenvalue weighted by Gasteiger charge is -2.08. The molecule has 0 aliphatic heterocycles. The Morgan fingerprint density at radius 1 is 1.09 bits per heavy atom. The van der Waals surface area contributed by atoms with Gasteiger partial charge in [-0.2, -0.15) is 10.2 Å². The lowest BCUT2D eigenvalue weighted by atomic mass is 10.1. The molecule has 4 rings (SSSR count). The monoisotopic (exact) mass is 450 g/mol. The van der Waals surface area contributed by atoms with Crippen LogP contribution in [0.1, 0.15) is 10.5 Å². The van der Waals surface area contributed by atoms with Crippen LogP contribution in [-0.2, 0) is 13.6 Å². The van der Waals surface area contributed by atoms with Gasteiger partial charge in [0.25, 0.3) is 11.5 Å². The number of nitrogens with zero attached hydrogens (tertiary/aromatic N) is 7. The van der Waals surface area contributed by atoms with Gasteiger partial charge in [-0.3, -0.25) is 14.3 Å². The molecule has 0 aliphatic rings. The molecule has 1 amide bonds. The van der Waals surface area contributed by atoms with Gasteiger partial charge in [-0.25, -0.2) is 14.3 Å². The lowest BCUT2D eigenvalue weighted by Crippen LogP contribution is -2.33. The summed E-state index contributed by atoms with van der Waals surface area (Å²) < 4.78 is 14.9. The van der Waals surface area contributed by atoms with E-state index >= 15 is 0 Å². The molecule has 3 aromatic heterocycles. The average molecular weight is 450 g/mol. The van der Waals surface area contributed by atoms with Crippen LogP contribution in [0.4, 0.5) is 0 Å². The van der Waals surface area contributed by atoms with E-state index in [-0.39, 0.29) is 24.6 Å². The highest BCUT2D eigenvalue weighted by atomic mass is 16.5. The molecule has 0 radical (unpaired) electrons. The molecule has 4 aromatic rings. The van der Waals surface area contributed by atoms with Gasteiger partial charge in [-0.1, -0.05) is 0 Å². The molecular weight excluding hydrogens is 428 g/mol. The maximum absolute atomic E-state index is 12.8. The van der Waals surface area contributed by atoms with Crippen molar-refractivity contribution in [2.45, 2.75) is 6.54 Å². The van der Waals surface area contributed by atoms with Crippen molar-refractivity contribution in [1.29, 1.82) is 0 Å². The van der Waals surface area contributed by atoms with Crippen molar-refractivity contribution in [2.24, 2.45) is 7.05 Å². The molecule has 0 fully saturated rings. The second-order valence-corrected chi connectivity index (χ2v) is 6.95. The molecule has 0 bridgehead atoms. The summed E-state index contributed by atoms with van der Waals surface area (Å²) in [7, 11) is 4.82. The number of methoxy groups -OCH3 is 2. The van der Waals surface area contributed by atoms with E-state index in [9.17, 15) is 9.59 Å². The van der Waals surface area contributed by atoms with Gasteiger partial charge in [-0.15, -0.1) is 5.10 Å². The van der Waals surface area contributed by atoms with Gasteiger partial charge < -0.3 is 14.8 Å². The molecule has 12 heteroatoms. The van der Waals surface area contributed by atoms with Crippen LogP contribution in [0.25, 0.3) is 17.1 Å². The van der Waals surface area contributed by atoms with E-state index in [4.69, 9.17) is 9.47 Å². The molecule has 0 aliphatic carbocycles. The first-order valence-corrected chi connectivity index (χ1v) is 9.98. The Kier molecular flexibility index (Phi) is 6.15. The number of hydrogen-bond acceptors (Lipinski definition) is 8. The van der Waals surface area contributed by atoms with Gasteiger partial charge in [0.1, 0.15) is 29.8 Å². The molecule has 0 spiro atoms. The van der Waals surface area contributed by atoms with Crippen LogP contribution in [-0.4, -0.2) is 61.0 Å². The second kappa shape index (κ2) is 9.34. The zero-order chi connectivity index (χ0) is 23.4. The summed E-state index contributed by atoms with van der Waals surface area (Å²) in [6.45, 7) is 0.372. The fourth-order valence-corrected chi connectivity index (χ4v) is 3.24. The fourth-order valence-electron chi connectivity index (χ4n) is 3.24. The van der Waals surface area contributed by atoms with E-state index in [1.807, 2.05) is 0 Å². The number of aromatic nitrogens is 7. The predicted octanol–water partition coefficient (Wildman–Crippen LogP) is 0.672. The van der Waals surface area contributed by atoms with Gasteiger partial charge in [0.15, 0.2) is 5.82 Å². The Bertz CT molecular complexity index is 1330. The standard InChI is InChI=1S/C21H22N8O4/c1-27-17(11-16(25-27)15-10-14(32-2)4-5-18(15)33-3)21(31)23-8-9-28-20(30)7-6-19(26-28)29-13-22-12-24-29/h4-7,10-13H,8-9H2,1-3H3,(H,23,31). The lowest BCUT2D eigenvalue weighted by molar-refractivity contribution is 0.0942. The van der Waals surface area contributed by atoms with E-state index in [0.717, 1.165) is 0 Å². The van der Waals surface area contributed by atoms with Crippen LogP contribution < -0.4 is 20.3 Å². The Morgan fingerprint density at radius 2 is 1.94 bits per heavy atom. The molecule has 1 aromatic carbocycles.